The fourth-order valence-electron chi connectivity index (χ4n) is 1.99. The fraction of sp³-hybridized carbons (Fsp3) is 1.00. The lowest BCUT2D eigenvalue weighted by atomic mass is 9.91. The molecule has 0 aromatic carbocycles. The summed E-state index contributed by atoms with van der Waals surface area (Å²) in [7, 11) is -5.58. The summed E-state index contributed by atoms with van der Waals surface area (Å²) in [5.41, 5.74) is -6.44. The van der Waals surface area contributed by atoms with Gasteiger partial charge in [-0.15, -0.1) is 0 Å². The van der Waals surface area contributed by atoms with Crippen LogP contribution < -0.4 is 0 Å². The van der Waals surface area contributed by atoms with Crippen LogP contribution in [0, 0.1) is 0 Å². The molecule has 0 spiro atoms. The number of hydrogen-bond acceptors (Lipinski definition) is 1. The van der Waals surface area contributed by atoms with Crippen molar-refractivity contribution in [3.63, 3.8) is 0 Å². The molecule has 0 aliphatic heterocycles. The van der Waals surface area contributed by atoms with E-state index < -0.39 is 62.2 Å². The Morgan fingerprint density at radius 2 is 0.742 bits per heavy atom. The van der Waals surface area contributed by atoms with Crippen molar-refractivity contribution >= 4 is 8.32 Å². The first-order valence-corrected chi connectivity index (χ1v) is 10.3. The van der Waals surface area contributed by atoms with Crippen LogP contribution in [-0.4, -0.2) is 62.2 Å². The lowest BCUT2D eigenvalue weighted by Gasteiger charge is -2.45. The molecule has 0 unspecified atom stereocenters. The summed E-state index contributed by atoms with van der Waals surface area (Å²) in [4.78, 5) is 0. The standard InChI is InChI=1S/C12H11F17OSi/c1-4-30-31(2,3)12(28,29)10(23,24)8(19,20)6(15,16)5(13,14)7(17,18)9(21,22)11(25,26)27/h4H2,1-3H3. The van der Waals surface area contributed by atoms with Gasteiger partial charge in [-0.2, -0.15) is 65.9 Å². The van der Waals surface area contributed by atoms with Crippen molar-refractivity contribution in [2.75, 3.05) is 6.61 Å². The van der Waals surface area contributed by atoms with Crippen LogP contribution in [0.3, 0.4) is 0 Å². The number of alkyl halides is 17. The Bertz CT molecular complexity index is 650. The van der Waals surface area contributed by atoms with E-state index in [2.05, 4.69) is 4.43 Å². The van der Waals surface area contributed by atoms with Gasteiger partial charge >= 0.3 is 47.3 Å². The summed E-state index contributed by atoms with van der Waals surface area (Å²) in [5, 5.41) is 0. The molecule has 0 aromatic rings. The molecular weight excluding hydrogens is 511 g/mol. The average Bonchev–Trinajstić information content (AvgIpc) is 2.52. The van der Waals surface area contributed by atoms with Gasteiger partial charge in [0.25, 0.3) is 8.32 Å². The second-order valence-electron chi connectivity index (χ2n) is 6.46. The molecule has 0 saturated heterocycles. The summed E-state index contributed by atoms with van der Waals surface area (Å²) < 4.78 is 227. The van der Waals surface area contributed by atoms with E-state index in [4.69, 9.17) is 0 Å². The number of hydrogen-bond donors (Lipinski definition) is 0. The highest BCUT2D eigenvalue weighted by Gasteiger charge is 2.96. The maximum atomic E-state index is 13.9. The van der Waals surface area contributed by atoms with Gasteiger partial charge in [-0.1, -0.05) is 0 Å². The Hall–Kier alpha value is -1.01. The predicted molar refractivity (Wildman–Crippen MR) is 69.8 cm³/mol. The van der Waals surface area contributed by atoms with Crippen LogP contribution in [0.4, 0.5) is 74.6 Å². The van der Waals surface area contributed by atoms with Gasteiger partial charge in [0.05, 0.1) is 0 Å². The van der Waals surface area contributed by atoms with E-state index in [1.807, 2.05) is 0 Å². The molecule has 0 aliphatic carbocycles. The third-order valence-corrected chi connectivity index (χ3v) is 6.82. The van der Waals surface area contributed by atoms with E-state index in [0.29, 0.717) is 0 Å². The average molecular weight is 522 g/mol. The molecule has 188 valence electrons. The molecule has 0 N–H and O–H groups in total. The minimum Gasteiger partial charge on any atom is -0.410 e. The highest BCUT2D eigenvalue weighted by atomic mass is 28.4. The fourth-order valence-corrected chi connectivity index (χ4v) is 3.81. The van der Waals surface area contributed by atoms with Crippen molar-refractivity contribution in [1.29, 1.82) is 0 Å². The van der Waals surface area contributed by atoms with Crippen LogP contribution in [0.25, 0.3) is 0 Å². The van der Waals surface area contributed by atoms with E-state index in [9.17, 15) is 74.6 Å². The lowest BCUT2D eigenvalue weighted by molar-refractivity contribution is -0.459. The van der Waals surface area contributed by atoms with Crippen LogP contribution in [-0.2, 0) is 4.43 Å². The Balaban J connectivity index is 6.84. The minimum atomic E-state index is -8.61. The smallest absolute Gasteiger partial charge is 0.410 e. The highest BCUT2D eigenvalue weighted by Crippen LogP contribution is 2.64. The molecule has 0 heterocycles. The molecule has 0 bridgehead atoms. The maximum absolute atomic E-state index is 13.9. The molecule has 0 aromatic heterocycles. The van der Waals surface area contributed by atoms with E-state index in [0.717, 1.165) is 6.92 Å². The molecule has 0 aliphatic rings. The van der Waals surface area contributed by atoms with Gasteiger partial charge in [-0.05, 0) is 20.0 Å². The second-order valence-corrected chi connectivity index (χ2v) is 10.4. The van der Waals surface area contributed by atoms with Gasteiger partial charge in [0.1, 0.15) is 0 Å². The van der Waals surface area contributed by atoms with Crippen LogP contribution >= 0.6 is 0 Å². The highest BCUT2D eigenvalue weighted by molar-refractivity contribution is 6.74. The number of halogens is 17. The van der Waals surface area contributed by atoms with Gasteiger partial charge < -0.3 is 4.43 Å². The predicted octanol–water partition coefficient (Wildman–Crippen LogP) is 6.78. The van der Waals surface area contributed by atoms with Crippen molar-refractivity contribution in [2.45, 2.75) is 67.3 Å². The normalized spacial score (nSPS) is 16.6. The summed E-state index contributed by atoms with van der Waals surface area (Å²) >= 11 is 0. The van der Waals surface area contributed by atoms with Crippen LogP contribution in [0.2, 0.25) is 13.1 Å². The molecule has 31 heavy (non-hydrogen) atoms. The molecule has 0 radical (unpaired) electrons. The maximum Gasteiger partial charge on any atom is 0.460 e. The van der Waals surface area contributed by atoms with E-state index in [1.54, 1.807) is 0 Å². The quantitative estimate of drug-likeness (QED) is 0.240. The first kappa shape index (κ1) is 30.0. The Kier molecular flexibility index (Phi) is 7.26. The zero-order valence-electron chi connectivity index (χ0n) is 15.0. The molecule has 0 atom stereocenters. The summed E-state index contributed by atoms with van der Waals surface area (Å²) in [5.74, 6) is -49.8. The summed E-state index contributed by atoms with van der Waals surface area (Å²) in [6, 6.07) is 0. The second kappa shape index (κ2) is 7.51. The third kappa shape index (κ3) is 3.75. The molecule has 0 rings (SSSR count). The van der Waals surface area contributed by atoms with Crippen molar-refractivity contribution < 1.29 is 79.1 Å². The van der Waals surface area contributed by atoms with Crippen LogP contribution in [0.1, 0.15) is 6.92 Å². The first-order valence-electron chi connectivity index (χ1n) is 7.41. The molecule has 0 amide bonds. The largest absolute Gasteiger partial charge is 0.460 e. The molecule has 19 heteroatoms. The van der Waals surface area contributed by atoms with Crippen LogP contribution in [0.5, 0.6) is 0 Å². The summed E-state index contributed by atoms with van der Waals surface area (Å²) in [6.45, 7) is -0.102. The molecule has 1 nitrogen and oxygen atoms in total. The zero-order chi connectivity index (χ0) is 25.9. The van der Waals surface area contributed by atoms with Gasteiger partial charge in [0.2, 0.25) is 0 Å². The molecule has 0 saturated carbocycles. The Morgan fingerprint density at radius 3 is 1.00 bits per heavy atom. The van der Waals surface area contributed by atoms with Crippen molar-refractivity contribution in [3.05, 3.63) is 0 Å². The first-order chi connectivity index (χ1) is 13.1. The molecule has 0 fully saturated rings. The summed E-state index contributed by atoms with van der Waals surface area (Å²) in [6.07, 6.45) is -7.76. The SMILES string of the molecule is CCO[Si](C)(C)C(F)(F)C(F)(F)C(F)(F)C(F)(F)C(F)(F)C(F)(F)C(F)(F)C(F)(F)F. The van der Waals surface area contributed by atoms with Gasteiger partial charge in [0, 0.05) is 6.61 Å². The van der Waals surface area contributed by atoms with Crippen molar-refractivity contribution in [2.24, 2.45) is 0 Å². The van der Waals surface area contributed by atoms with Crippen molar-refractivity contribution in [1.82, 2.24) is 0 Å². The van der Waals surface area contributed by atoms with Gasteiger partial charge in [0.15, 0.2) is 0 Å². The van der Waals surface area contributed by atoms with E-state index >= 15 is 0 Å². The Labute approximate surface area is 162 Å². The topological polar surface area (TPSA) is 9.23 Å². The molecular formula is C12H11F17OSi. The monoisotopic (exact) mass is 522 g/mol. The third-order valence-electron chi connectivity index (χ3n) is 3.98. The van der Waals surface area contributed by atoms with Crippen LogP contribution in [0.15, 0.2) is 0 Å². The Morgan fingerprint density at radius 1 is 0.484 bits per heavy atom. The van der Waals surface area contributed by atoms with Gasteiger partial charge in [-0.25, -0.2) is 8.78 Å². The van der Waals surface area contributed by atoms with Crippen molar-refractivity contribution in [3.8, 4) is 0 Å². The van der Waals surface area contributed by atoms with Gasteiger partial charge in [-0.3, -0.25) is 0 Å². The number of rotatable bonds is 9. The lowest BCUT2D eigenvalue weighted by Crippen LogP contribution is -2.76. The van der Waals surface area contributed by atoms with E-state index in [1.165, 1.54) is 0 Å². The zero-order valence-corrected chi connectivity index (χ0v) is 16.0. The van der Waals surface area contributed by atoms with E-state index in [-0.39, 0.29) is 13.1 Å². The minimum absolute atomic E-state index is 0.00316.